The van der Waals surface area contributed by atoms with Crippen LogP contribution in [0, 0.1) is 0 Å². The summed E-state index contributed by atoms with van der Waals surface area (Å²) in [5.74, 6) is 0. The van der Waals surface area contributed by atoms with Crippen LogP contribution in [-0.4, -0.2) is 31.1 Å². The molecule has 1 aliphatic rings. The molecule has 2 rings (SSSR count). The van der Waals surface area contributed by atoms with Gasteiger partial charge in [-0.3, -0.25) is 4.90 Å². The van der Waals surface area contributed by atoms with Gasteiger partial charge in [0.15, 0.2) is 0 Å². The highest BCUT2D eigenvalue weighted by Gasteiger charge is 2.09. The van der Waals surface area contributed by atoms with E-state index in [1.165, 1.54) is 24.2 Å². The summed E-state index contributed by atoms with van der Waals surface area (Å²) >= 11 is 0. The maximum atomic E-state index is 3.38. The fourth-order valence-corrected chi connectivity index (χ4v) is 2.01. The van der Waals surface area contributed by atoms with Crippen LogP contribution in [0.25, 0.3) is 0 Å². The summed E-state index contributed by atoms with van der Waals surface area (Å²) in [4.78, 5) is 2.51. The van der Waals surface area contributed by atoms with Crippen LogP contribution in [0.4, 0.5) is 0 Å². The molecule has 0 unspecified atom stereocenters. The molecule has 1 aliphatic heterocycles. The molecule has 2 heteroatoms. The summed E-state index contributed by atoms with van der Waals surface area (Å²) in [6, 6.07) is 9.02. The first kappa shape index (κ1) is 14.2. The van der Waals surface area contributed by atoms with Crippen molar-refractivity contribution in [3.8, 4) is 0 Å². The minimum Gasteiger partial charge on any atom is -0.314 e. The lowest BCUT2D eigenvalue weighted by atomic mass is 10.1. The van der Waals surface area contributed by atoms with Crippen molar-refractivity contribution in [1.82, 2.24) is 10.2 Å². The lowest BCUT2D eigenvalue weighted by Gasteiger charge is -2.27. The van der Waals surface area contributed by atoms with Crippen LogP contribution in [0.1, 0.15) is 31.9 Å². The van der Waals surface area contributed by atoms with Gasteiger partial charge < -0.3 is 5.32 Å². The minimum absolute atomic E-state index is 1.10. The van der Waals surface area contributed by atoms with Gasteiger partial charge >= 0.3 is 0 Å². The van der Waals surface area contributed by atoms with Crippen molar-refractivity contribution in [3.63, 3.8) is 0 Å². The Labute approximate surface area is 106 Å². The number of hydrogen-bond donors (Lipinski definition) is 1. The topological polar surface area (TPSA) is 15.3 Å². The molecule has 0 saturated carbocycles. The number of hydrogen-bond acceptors (Lipinski definition) is 2. The van der Waals surface area contributed by atoms with Crippen molar-refractivity contribution in [2.45, 2.75) is 33.7 Å². The van der Waals surface area contributed by atoms with E-state index in [0.29, 0.717) is 0 Å². The largest absolute Gasteiger partial charge is 0.314 e. The number of nitrogens with zero attached hydrogens (tertiary/aromatic N) is 1. The first-order chi connectivity index (χ1) is 8.38. The molecule has 96 valence electrons. The highest BCUT2D eigenvalue weighted by atomic mass is 15.2. The SMILES string of the molecule is CC.CCc1ccc(CN2CCNCC2)cc1. The number of aryl methyl sites for hydroxylation is 1. The number of benzene rings is 1. The van der Waals surface area contributed by atoms with E-state index >= 15 is 0 Å². The van der Waals surface area contributed by atoms with Crippen molar-refractivity contribution >= 4 is 0 Å². The summed E-state index contributed by atoms with van der Waals surface area (Å²) in [6.07, 6.45) is 1.13. The number of nitrogens with one attached hydrogen (secondary N) is 1. The Kier molecular flexibility index (Phi) is 6.90. The van der Waals surface area contributed by atoms with E-state index in [-0.39, 0.29) is 0 Å². The maximum Gasteiger partial charge on any atom is 0.0234 e. The second kappa shape index (κ2) is 8.26. The van der Waals surface area contributed by atoms with Gasteiger partial charge in [-0.1, -0.05) is 45.0 Å². The molecule has 0 spiro atoms. The highest BCUT2D eigenvalue weighted by Crippen LogP contribution is 2.08. The van der Waals surface area contributed by atoms with Crippen LogP contribution < -0.4 is 5.32 Å². The molecule has 0 bridgehead atoms. The zero-order valence-electron chi connectivity index (χ0n) is 11.5. The van der Waals surface area contributed by atoms with E-state index < -0.39 is 0 Å². The summed E-state index contributed by atoms with van der Waals surface area (Å²) in [5, 5.41) is 3.38. The third-order valence-electron chi connectivity index (χ3n) is 3.05. The minimum atomic E-state index is 1.10. The predicted molar refractivity (Wildman–Crippen MR) is 75.3 cm³/mol. The molecule has 1 N–H and O–H groups in total. The molecule has 0 aromatic heterocycles. The van der Waals surface area contributed by atoms with Crippen LogP contribution in [0.15, 0.2) is 24.3 Å². The van der Waals surface area contributed by atoms with Gasteiger partial charge in [-0.05, 0) is 17.5 Å². The molecule has 1 heterocycles. The Bertz CT molecular complexity index is 286. The second-order valence-electron chi connectivity index (χ2n) is 4.20. The standard InChI is InChI=1S/C13H20N2.C2H6/c1-2-12-3-5-13(6-4-12)11-15-9-7-14-8-10-15;1-2/h3-6,14H,2,7-11H2,1H3;1-2H3. The molecule has 0 atom stereocenters. The van der Waals surface area contributed by atoms with Gasteiger partial charge in [0, 0.05) is 32.7 Å². The fraction of sp³-hybridized carbons (Fsp3) is 0.600. The molecule has 0 aliphatic carbocycles. The van der Waals surface area contributed by atoms with Gasteiger partial charge in [0.1, 0.15) is 0 Å². The Morgan fingerprint density at radius 1 is 1.00 bits per heavy atom. The van der Waals surface area contributed by atoms with Crippen LogP contribution in [-0.2, 0) is 13.0 Å². The van der Waals surface area contributed by atoms with Gasteiger partial charge in [0.05, 0.1) is 0 Å². The van der Waals surface area contributed by atoms with Gasteiger partial charge in [-0.15, -0.1) is 0 Å². The third kappa shape index (κ3) is 4.88. The van der Waals surface area contributed by atoms with Crippen LogP contribution in [0.2, 0.25) is 0 Å². The second-order valence-corrected chi connectivity index (χ2v) is 4.20. The smallest absolute Gasteiger partial charge is 0.0234 e. The molecule has 1 fully saturated rings. The molecule has 1 aromatic rings. The van der Waals surface area contributed by atoms with Crippen molar-refractivity contribution in [2.75, 3.05) is 26.2 Å². The first-order valence-electron chi connectivity index (χ1n) is 6.89. The lowest BCUT2D eigenvalue weighted by Crippen LogP contribution is -2.42. The molecule has 2 nitrogen and oxygen atoms in total. The summed E-state index contributed by atoms with van der Waals surface area (Å²) in [6.45, 7) is 11.9. The van der Waals surface area contributed by atoms with Crippen molar-refractivity contribution in [2.24, 2.45) is 0 Å². The van der Waals surface area contributed by atoms with E-state index in [0.717, 1.165) is 26.1 Å². The summed E-state index contributed by atoms with van der Waals surface area (Å²) in [5.41, 5.74) is 2.87. The molecule has 1 saturated heterocycles. The van der Waals surface area contributed by atoms with Crippen LogP contribution in [0.5, 0.6) is 0 Å². The van der Waals surface area contributed by atoms with E-state index in [1.807, 2.05) is 13.8 Å². The van der Waals surface area contributed by atoms with Crippen molar-refractivity contribution in [1.29, 1.82) is 0 Å². The average Bonchev–Trinajstić information content (AvgIpc) is 2.43. The molecule has 17 heavy (non-hydrogen) atoms. The van der Waals surface area contributed by atoms with E-state index in [1.54, 1.807) is 0 Å². The quantitative estimate of drug-likeness (QED) is 0.865. The molecule has 1 aromatic carbocycles. The molecule has 0 amide bonds. The van der Waals surface area contributed by atoms with E-state index in [9.17, 15) is 0 Å². The van der Waals surface area contributed by atoms with Crippen molar-refractivity contribution in [3.05, 3.63) is 35.4 Å². The average molecular weight is 234 g/mol. The zero-order valence-corrected chi connectivity index (χ0v) is 11.5. The van der Waals surface area contributed by atoms with Gasteiger partial charge in [-0.2, -0.15) is 0 Å². The zero-order chi connectivity index (χ0) is 12.5. The Morgan fingerprint density at radius 2 is 1.53 bits per heavy atom. The van der Waals surface area contributed by atoms with E-state index in [2.05, 4.69) is 41.4 Å². The monoisotopic (exact) mass is 234 g/mol. The molecule has 0 radical (unpaired) electrons. The normalized spacial score (nSPS) is 16.2. The van der Waals surface area contributed by atoms with Crippen LogP contribution in [0.3, 0.4) is 0 Å². The van der Waals surface area contributed by atoms with Crippen molar-refractivity contribution < 1.29 is 0 Å². The van der Waals surface area contributed by atoms with E-state index in [4.69, 9.17) is 0 Å². The molecular formula is C15H26N2. The highest BCUT2D eigenvalue weighted by molar-refractivity contribution is 5.22. The van der Waals surface area contributed by atoms with Gasteiger partial charge in [0.2, 0.25) is 0 Å². The Balaban J connectivity index is 0.000000686. The summed E-state index contributed by atoms with van der Waals surface area (Å²) < 4.78 is 0. The molecular weight excluding hydrogens is 208 g/mol. The maximum absolute atomic E-state index is 3.38. The number of rotatable bonds is 3. The Morgan fingerprint density at radius 3 is 2.06 bits per heavy atom. The lowest BCUT2D eigenvalue weighted by molar-refractivity contribution is 0.233. The Hall–Kier alpha value is -0.860. The number of piperazine rings is 1. The van der Waals surface area contributed by atoms with Gasteiger partial charge in [0.25, 0.3) is 0 Å². The third-order valence-corrected chi connectivity index (χ3v) is 3.05. The summed E-state index contributed by atoms with van der Waals surface area (Å²) in [7, 11) is 0. The van der Waals surface area contributed by atoms with Gasteiger partial charge in [-0.25, -0.2) is 0 Å². The van der Waals surface area contributed by atoms with Crippen LogP contribution >= 0.6 is 0 Å². The first-order valence-corrected chi connectivity index (χ1v) is 6.89. The predicted octanol–water partition coefficient (Wildman–Crippen LogP) is 2.68. The fourth-order valence-electron chi connectivity index (χ4n) is 2.01.